The molecular weight excluding hydrogens is 334 g/mol. The van der Waals surface area contributed by atoms with Crippen LogP contribution in [-0.2, 0) is 6.54 Å². The average Bonchev–Trinajstić information content (AvgIpc) is 3.11. The van der Waals surface area contributed by atoms with Gasteiger partial charge in [-0.25, -0.2) is 0 Å². The lowest BCUT2D eigenvalue weighted by atomic mass is 10.1. The van der Waals surface area contributed by atoms with Gasteiger partial charge in [0, 0.05) is 16.7 Å². The third-order valence-corrected chi connectivity index (χ3v) is 3.85. The van der Waals surface area contributed by atoms with Crippen molar-refractivity contribution in [1.29, 1.82) is 0 Å². The molecule has 0 saturated carbocycles. The van der Waals surface area contributed by atoms with Gasteiger partial charge in [-0.05, 0) is 30.3 Å². The number of benzene rings is 2. The summed E-state index contributed by atoms with van der Waals surface area (Å²) in [6.07, 6.45) is 0. The van der Waals surface area contributed by atoms with Crippen LogP contribution in [0.2, 0.25) is 0 Å². The summed E-state index contributed by atoms with van der Waals surface area (Å²) in [4.78, 5) is 23.6. The number of carbonyl (C=O) groups excluding carboxylic acids is 2. The second-order valence-corrected chi connectivity index (χ2v) is 5.51. The topological polar surface area (TPSA) is 91.6 Å². The van der Waals surface area contributed by atoms with Gasteiger partial charge in [-0.15, -0.1) is 0 Å². The second-order valence-electron chi connectivity index (χ2n) is 5.51. The third-order valence-electron chi connectivity index (χ3n) is 3.85. The van der Waals surface area contributed by atoms with Gasteiger partial charge in [-0.2, -0.15) is 0 Å². The summed E-state index contributed by atoms with van der Waals surface area (Å²) in [5.41, 5.74) is 1.08. The van der Waals surface area contributed by atoms with Crippen LogP contribution in [0.4, 0.5) is 0 Å². The van der Waals surface area contributed by atoms with E-state index in [2.05, 4.69) is 5.32 Å². The molecular formula is C20H16NO5-. The normalized spacial score (nSPS) is 10.3. The minimum absolute atomic E-state index is 0.0684. The van der Waals surface area contributed by atoms with Crippen molar-refractivity contribution in [3.63, 3.8) is 0 Å². The van der Waals surface area contributed by atoms with Gasteiger partial charge >= 0.3 is 0 Å². The Labute approximate surface area is 150 Å². The lowest BCUT2D eigenvalue weighted by Crippen LogP contribution is -2.26. The van der Waals surface area contributed by atoms with Gasteiger partial charge in [0.15, 0.2) is 0 Å². The number of hydrogen-bond acceptors (Lipinski definition) is 5. The molecule has 0 aliphatic rings. The molecule has 1 aromatic heterocycles. The van der Waals surface area contributed by atoms with E-state index in [1.807, 2.05) is 18.2 Å². The Morgan fingerprint density at radius 1 is 1.08 bits per heavy atom. The summed E-state index contributed by atoms with van der Waals surface area (Å²) in [5, 5.41) is 14.0. The Hall–Kier alpha value is -3.54. The Morgan fingerprint density at radius 3 is 2.38 bits per heavy atom. The fraction of sp³-hybridized carbons (Fsp3) is 0.100. The first kappa shape index (κ1) is 17.3. The average molecular weight is 350 g/mol. The molecule has 1 N–H and O–H groups in total. The lowest BCUT2D eigenvalue weighted by Gasteiger charge is -2.07. The number of rotatable bonds is 6. The van der Waals surface area contributed by atoms with Gasteiger partial charge < -0.3 is 24.4 Å². The van der Waals surface area contributed by atoms with E-state index in [9.17, 15) is 14.7 Å². The number of amides is 1. The molecule has 0 radical (unpaired) electrons. The number of furan rings is 1. The number of carbonyl (C=O) groups is 2. The van der Waals surface area contributed by atoms with Crippen molar-refractivity contribution in [2.24, 2.45) is 0 Å². The van der Waals surface area contributed by atoms with Crippen molar-refractivity contribution in [1.82, 2.24) is 5.32 Å². The van der Waals surface area contributed by atoms with Crippen LogP contribution < -0.4 is 15.2 Å². The number of carboxylic acids is 1. The molecule has 0 atom stereocenters. The number of aromatic carboxylic acids is 1. The molecule has 0 fully saturated rings. The highest BCUT2D eigenvalue weighted by atomic mass is 16.5. The van der Waals surface area contributed by atoms with Crippen molar-refractivity contribution in [2.45, 2.75) is 6.54 Å². The van der Waals surface area contributed by atoms with Crippen LogP contribution in [-0.4, -0.2) is 19.0 Å². The summed E-state index contributed by atoms with van der Waals surface area (Å²) < 4.78 is 10.7. The zero-order valence-electron chi connectivity index (χ0n) is 14.0. The molecule has 3 aromatic rings. The minimum Gasteiger partial charge on any atom is -0.545 e. The maximum absolute atomic E-state index is 12.2. The van der Waals surface area contributed by atoms with Gasteiger partial charge in [-0.1, -0.05) is 30.3 Å². The summed E-state index contributed by atoms with van der Waals surface area (Å²) in [7, 11) is 1.54. The molecule has 0 saturated heterocycles. The van der Waals surface area contributed by atoms with E-state index < -0.39 is 5.97 Å². The lowest BCUT2D eigenvalue weighted by molar-refractivity contribution is -0.255. The van der Waals surface area contributed by atoms with Gasteiger partial charge in [0.1, 0.15) is 17.3 Å². The van der Waals surface area contributed by atoms with Crippen molar-refractivity contribution < 1.29 is 23.8 Å². The minimum atomic E-state index is -1.36. The highest BCUT2D eigenvalue weighted by Gasteiger charge is 2.15. The number of methoxy groups -OCH3 is 1. The van der Waals surface area contributed by atoms with E-state index in [1.54, 1.807) is 36.4 Å². The van der Waals surface area contributed by atoms with E-state index in [1.165, 1.54) is 13.2 Å². The number of ether oxygens (including phenoxy) is 1. The second kappa shape index (κ2) is 7.57. The van der Waals surface area contributed by atoms with Crippen LogP contribution in [0.5, 0.6) is 5.75 Å². The maximum Gasteiger partial charge on any atom is 0.251 e. The predicted octanol–water partition coefficient (Wildman–Crippen LogP) is 2.25. The molecule has 3 rings (SSSR count). The monoisotopic (exact) mass is 350 g/mol. The molecule has 26 heavy (non-hydrogen) atoms. The standard InChI is InChI=1S/C20H17NO5/c1-25-15-9-7-14(8-10-15)19(22)21-12-18-16(20(23)24)11-17(26-18)13-5-3-2-4-6-13/h2-11H,12H2,1H3,(H,21,22)(H,23,24)/p-1. The number of carboxylic acid groups (broad SMARTS) is 1. The van der Waals surface area contributed by atoms with Crippen molar-refractivity contribution >= 4 is 11.9 Å². The molecule has 0 aliphatic heterocycles. The Morgan fingerprint density at radius 2 is 1.77 bits per heavy atom. The van der Waals surface area contributed by atoms with E-state index in [4.69, 9.17) is 9.15 Å². The third kappa shape index (κ3) is 3.75. The molecule has 0 spiro atoms. The highest BCUT2D eigenvalue weighted by Crippen LogP contribution is 2.25. The summed E-state index contributed by atoms with van der Waals surface area (Å²) in [5.74, 6) is -0.539. The summed E-state index contributed by atoms with van der Waals surface area (Å²) in [6.45, 7) is -0.0684. The molecule has 2 aromatic carbocycles. The van der Waals surface area contributed by atoms with Gasteiger partial charge in [0.2, 0.25) is 0 Å². The maximum atomic E-state index is 12.2. The van der Waals surface area contributed by atoms with Crippen molar-refractivity contribution in [3.05, 3.63) is 77.6 Å². The highest BCUT2D eigenvalue weighted by molar-refractivity contribution is 5.94. The fourth-order valence-electron chi connectivity index (χ4n) is 2.48. The Bertz CT molecular complexity index is 913. The smallest absolute Gasteiger partial charge is 0.251 e. The fourth-order valence-corrected chi connectivity index (χ4v) is 2.48. The predicted molar refractivity (Wildman–Crippen MR) is 92.6 cm³/mol. The first-order valence-corrected chi connectivity index (χ1v) is 7.90. The van der Waals surface area contributed by atoms with Crippen LogP contribution in [0, 0.1) is 0 Å². The first-order valence-electron chi connectivity index (χ1n) is 7.90. The van der Waals surface area contributed by atoms with Crippen LogP contribution in [0.3, 0.4) is 0 Å². The molecule has 132 valence electrons. The van der Waals surface area contributed by atoms with Gasteiger partial charge in [0.05, 0.1) is 19.6 Å². The number of hydrogen-bond donors (Lipinski definition) is 1. The summed E-state index contributed by atoms with van der Waals surface area (Å²) >= 11 is 0. The first-order chi connectivity index (χ1) is 12.6. The molecule has 6 heteroatoms. The van der Waals surface area contributed by atoms with Gasteiger partial charge in [-0.3, -0.25) is 4.79 Å². The molecule has 0 bridgehead atoms. The Kier molecular flexibility index (Phi) is 5.03. The SMILES string of the molecule is COc1ccc(C(=O)NCc2oc(-c3ccccc3)cc2C(=O)[O-])cc1. The van der Waals surface area contributed by atoms with Crippen LogP contribution in [0.15, 0.2) is 65.1 Å². The van der Waals surface area contributed by atoms with Crippen molar-refractivity contribution in [2.75, 3.05) is 7.11 Å². The molecule has 1 heterocycles. The van der Waals surface area contributed by atoms with Crippen LogP contribution >= 0.6 is 0 Å². The van der Waals surface area contributed by atoms with E-state index in [-0.39, 0.29) is 23.8 Å². The van der Waals surface area contributed by atoms with Crippen LogP contribution in [0.25, 0.3) is 11.3 Å². The van der Waals surface area contributed by atoms with E-state index in [0.29, 0.717) is 17.1 Å². The van der Waals surface area contributed by atoms with Crippen molar-refractivity contribution in [3.8, 4) is 17.1 Å². The molecule has 0 unspecified atom stereocenters. The Balaban J connectivity index is 1.77. The van der Waals surface area contributed by atoms with E-state index in [0.717, 1.165) is 5.56 Å². The number of nitrogens with one attached hydrogen (secondary N) is 1. The molecule has 1 amide bonds. The van der Waals surface area contributed by atoms with E-state index >= 15 is 0 Å². The summed E-state index contributed by atoms with van der Waals surface area (Å²) in [6, 6.07) is 17.1. The zero-order valence-corrected chi connectivity index (χ0v) is 14.0. The van der Waals surface area contributed by atoms with Crippen LogP contribution in [0.1, 0.15) is 26.5 Å². The van der Waals surface area contributed by atoms with Gasteiger partial charge in [0.25, 0.3) is 5.91 Å². The quantitative estimate of drug-likeness (QED) is 0.736. The largest absolute Gasteiger partial charge is 0.545 e. The zero-order chi connectivity index (χ0) is 18.5. The molecule has 0 aliphatic carbocycles. The molecule has 6 nitrogen and oxygen atoms in total.